The van der Waals surface area contributed by atoms with Crippen LogP contribution in [-0.2, 0) is 21.2 Å². The number of hydrogen-bond acceptors (Lipinski definition) is 7. The second-order valence-corrected chi connectivity index (χ2v) is 13.3. The molecule has 0 N–H and O–H groups in total. The molecule has 1 aromatic heterocycles. The number of sulfonamides is 1. The molecule has 8 nitrogen and oxygen atoms in total. The van der Waals surface area contributed by atoms with Crippen molar-refractivity contribution in [2.45, 2.75) is 37.1 Å². The standard InChI is InChI=1S/C30H37N3O5S2/c1-23-9-11-24(12-10-23)40(35,36)32(19-18-31-15-5-6-16-31)21-30(34)33-17-13-29-25(14-20-39-29)26(33)22-38-28-8-4-3-7-27(28)37-2/h3-4,7-12,14,20,26H,5-6,13,15-19,21-22H2,1-2H3/t26-/m0/s1. The van der Waals surface area contributed by atoms with Crippen LogP contribution in [0.3, 0.4) is 0 Å². The number of hydrogen-bond donors (Lipinski definition) is 0. The number of carbonyl (C=O) groups excluding carboxylic acids is 1. The van der Waals surface area contributed by atoms with E-state index >= 15 is 0 Å². The lowest BCUT2D eigenvalue weighted by Crippen LogP contribution is -2.49. The fourth-order valence-corrected chi connectivity index (χ4v) is 7.73. The van der Waals surface area contributed by atoms with Crippen molar-refractivity contribution in [1.29, 1.82) is 0 Å². The molecule has 10 heteroatoms. The van der Waals surface area contributed by atoms with E-state index in [-0.39, 0.29) is 36.5 Å². The first-order valence-corrected chi connectivity index (χ1v) is 16.1. The maximum atomic E-state index is 13.9. The van der Waals surface area contributed by atoms with Gasteiger partial charge in [0.15, 0.2) is 11.5 Å². The number of para-hydroxylation sites is 2. The Labute approximate surface area is 241 Å². The first-order valence-electron chi connectivity index (χ1n) is 13.8. The Kier molecular flexibility index (Phi) is 9.10. The third kappa shape index (κ3) is 6.35. The van der Waals surface area contributed by atoms with Crippen LogP contribution in [0.4, 0.5) is 0 Å². The van der Waals surface area contributed by atoms with Crippen molar-refractivity contribution in [2.75, 3.05) is 53.0 Å². The molecule has 1 saturated heterocycles. The lowest BCUT2D eigenvalue weighted by atomic mass is 10.0. The van der Waals surface area contributed by atoms with E-state index in [1.165, 1.54) is 9.18 Å². The van der Waals surface area contributed by atoms with Crippen LogP contribution in [-0.4, -0.2) is 81.4 Å². The second kappa shape index (κ2) is 12.7. The van der Waals surface area contributed by atoms with E-state index in [0.29, 0.717) is 24.6 Å². The summed E-state index contributed by atoms with van der Waals surface area (Å²) in [5.74, 6) is 1.01. The van der Waals surface area contributed by atoms with E-state index in [1.54, 1.807) is 47.6 Å². The van der Waals surface area contributed by atoms with Crippen molar-refractivity contribution in [1.82, 2.24) is 14.1 Å². The second-order valence-electron chi connectivity index (χ2n) is 10.3. The minimum Gasteiger partial charge on any atom is -0.493 e. The quantitative estimate of drug-likeness (QED) is 0.334. The van der Waals surface area contributed by atoms with Gasteiger partial charge in [-0.2, -0.15) is 4.31 Å². The number of ether oxygens (including phenoxy) is 2. The van der Waals surface area contributed by atoms with E-state index in [4.69, 9.17) is 9.47 Å². The molecule has 214 valence electrons. The summed E-state index contributed by atoms with van der Waals surface area (Å²) in [5, 5.41) is 2.04. The number of aryl methyl sites for hydroxylation is 1. The lowest BCUT2D eigenvalue weighted by Gasteiger charge is -2.37. The SMILES string of the molecule is COc1ccccc1OC[C@H]1c2ccsc2CCN1C(=O)CN(CCN1CCCC1)S(=O)(=O)c1ccc(C)cc1. The van der Waals surface area contributed by atoms with Crippen LogP contribution in [0, 0.1) is 6.92 Å². The van der Waals surface area contributed by atoms with Crippen LogP contribution >= 0.6 is 11.3 Å². The first kappa shape index (κ1) is 28.6. The molecule has 3 heterocycles. The van der Waals surface area contributed by atoms with E-state index in [2.05, 4.69) is 4.90 Å². The molecule has 0 unspecified atom stereocenters. The lowest BCUT2D eigenvalue weighted by molar-refractivity contribution is -0.135. The molecule has 2 aliphatic rings. The van der Waals surface area contributed by atoms with E-state index < -0.39 is 10.0 Å². The van der Waals surface area contributed by atoms with E-state index in [0.717, 1.165) is 43.5 Å². The maximum absolute atomic E-state index is 13.9. The number of carbonyl (C=O) groups is 1. The Bertz CT molecular complexity index is 1400. The smallest absolute Gasteiger partial charge is 0.243 e. The van der Waals surface area contributed by atoms with Gasteiger partial charge in [0.25, 0.3) is 0 Å². The van der Waals surface area contributed by atoms with E-state index in [9.17, 15) is 13.2 Å². The highest BCUT2D eigenvalue weighted by molar-refractivity contribution is 7.89. The van der Waals surface area contributed by atoms with Crippen molar-refractivity contribution < 1.29 is 22.7 Å². The van der Waals surface area contributed by atoms with Gasteiger partial charge in [0.05, 0.1) is 24.6 Å². The highest BCUT2D eigenvalue weighted by atomic mass is 32.2. The molecule has 0 radical (unpaired) electrons. The van der Waals surface area contributed by atoms with Crippen molar-refractivity contribution in [3.05, 3.63) is 76.0 Å². The molecule has 3 aromatic rings. The number of fused-ring (bicyclic) bond motifs is 1. The monoisotopic (exact) mass is 583 g/mol. The minimum absolute atomic E-state index is 0.210. The summed E-state index contributed by atoms with van der Waals surface area (Å²) >= 11 is 1.68. The Morgan fingerprint density at radius 3 is 2.48 bits per heavy atom. The van der Waals surface area contributed by atoms with Crippen molar-refractivity contribution in [2.24, 2.45) is 0 Å². The summed E-state index contributed by atoms with van der Waals surface area (Å²) in [7, 11) is -2.26. The molecule has 0 spiro atoms. The van der Waals surface area contributed by atoms with Gasteiger partial charge in [0.1, 0.15) is 6.61 Å². The summed E-state index contributed by atoms with van der Waals surface area (Å²) in [5.41, 5.74) is 2.04. The van der Waals surface area contributed by atoms with Crippen LogP contribution in [0.25, 0.3) is 0 Å². The average Bonchev–Trinajstić information content (AvgIpc) is 3.66. The normalized spacial score (nSPS) is 17.7. The maximum Gasteiger partial charge on any atom is 0.243 e. The van der Waals surface area contributed by atoms with Gasteiger partial charge in [-0.15, -0.1) is 11.3 Å². The van der Waals surface area contributed by atoms with Crippen LogP contribution in [0.1, 0.15) is 34.9 Å². The number of likely N-dealkylation sites (tertiary alicyclic amines) is 1. The largest absolute Gasteiger partial charge is 0.493 e. The van der Waals surface area contributed by atoms with Gasteiger partial charge in [-0.1, -0.05) is 29.8 Å². The number of methoxy groups -OCH3 is 1. The van der Waals surface area contributed by atoms with Gasteiger partial charge < -0.3 is 19.3 Å². The van der Waals surface area contributed by atoms with Gasteiger partial charge in [0, 0.05) is 24.5 Å². The molecule has 0 saturated carbocycles. The molecule has 5 rings (SSSR count). The van der Waals surface area contributed by atoms with Gasteiger partial charge in [-0.05, 0) is 80.6 Å². The zero-order valence-electron chi connectivity index (χ0n) is 23.1. The Hall–Kier alpha value is -2.92. The fraction of sp³-hybridized carbons (Fsp3) is 0.433. The van der Waals surface area contributed by atoms with Crippen molar-refractivity contribution in [3.63, 3.8) is 0 Å². The van der Waals surface area contributed by atoms with Crippen LogP contribution in [0.15, 0.2) is 64.9 Å². The zero-order chi connectivity index (χ0) is 28.1. The van der Waals surface area contributed by atoms with E-state index in [1.807, 2.05) is 42.6 Å². The van der Waals surface area contributed by atoms with Crippen molar-refractivity contribution in [3.8, 4) is 11.5 Å². The molecule has 1 fully saturated rings. The minimum atomic E-state index is -3.86. The molecule has 2 aromatic carbocycles. The number of rotatable bonds is 11. The van der Waals surface area contributed by atoms with Crippen LogP contribution in [0.5, 0.6) is 11.5 Å². The summed E-state index contributed by atoms with van der Waals surface area (Å²) in [6, 6.07) is 16.0. The average molecular weight is 584 g/mol. The molecule has 1 atom stereocenters. The van der Waals surface area contributed by atoms with Crippen molar-refractivity contribution >= 4 is 27.3 Å². The first-order chi connectivity index (χ1) is 19.4. The Balaban J connectivity index is 1.38. The predicted octanol–water partition coefficient (Wildman–Crippen LogP) is 4.36. The summed E-state index contributed by atoms with van der Waals surface area (Å²) < 4.78 is 40.6. The molecule has 2 aliphatic heterocycles. The number of benzene rings is 2. The van der Waals surface area contributed by atoms with Crippen LogP contribution < -0.4 is 9.47 Å². The number of thiophene rings is 1. The number of nitrogens with zero attached hydrogens (tertiary/aromatic N) is 3. The molecular formula is C30H37N3O5S2. The summed E-state index contributed by atoms with van der Waals surface area (Å²) in [6.07, 6.45) is 2.98. The summed E-state index contributed by atoms with van der Waals surface area (Å²) in [4.78, 5) is 19.4. The topological polar surface area (TPSA) is 79.4 Å². The Morgan fingerprint density at radius 2 is 1.75 bits per heavy atom. The zero-order valence-corrected chi connectivity index (χ0v) is 24.8. The molecular weight excluding hydrogens is 546 g/mol. The van der Waals surface area contributed by atoms with Gasteiger partial charge in [-0.25, -0.2) is 8.42 Å². The molecule has 40 heavy (non-hydrogen) atoms. The third-order valence-electron chi connectivity index (χ3n) is 7.72. The predicted molar refractivity (Wildman–Crippen MR) is 157 cm³/mol. The third-order valence-corrected chi connectivity index (χ3v) is 10.6. The summed E-state index contributed by atoms with van der Waals surface area (Å²) in [6.45, 7) is 5.26. The number of amides is 1. The van der Waals surface area contributed by atoms with Gasteiger partial charge >= 0.3 is 0 Å². The van der Waals surface area contributed by atoms with Gasteiger partial charge in [-0.3, -0.25) is 4.79 Å². The highest BCUT2D eigenvalue weighted by Crippen LogP contribution is 2.35. The molecule has 0 bridgehead atoms. The highest BCUT2D eigenvalue weighted by Gasteiger charge is 2.35. The van der Waals surface area contributed by atoms with Crippen LogP contribution in [0.2, 0.25) is 0 Å². The van der Waals surface area contributed by atoms with Gasteiger partial charge in [0.2, 0.25) is 15.9 Å². The molecule has 0 aliphatic carbocycles. The fourth-order valence-electron chi connectivity index (χ4n) is 5.43. The molecule has 1 amide bonds. The Morgan fingerprint density at radius 1 is 1.02 bits per heavy atom.